The highest BCUT2D eigenvalue weighted by atomic mass is 16.5. The lowest BCUT2D eigenvalue weighted by Crippen LogP contribution is -2.58. The van der Waals surface area contributed by atoms with Crippen LogP contribution in [0.4, 0.5) is 0 Å². The predicted octanol–water partition coefficient (Wildman–Crippen LogP) is 3.36. The second kappa shape index (κ2) is 5.50. The number of rotatable bonds is 4. The Labute approximate surface area is 101 Å². The maximum absolute atomic E-state index is 6.19. The fraction of sp³-hybridized carbons (Fsp3) is 1.00. The van der Waals surface area contributed by atoms with E-state index < -0.39 is 0 Å². The molecule has 0 aromatic heterocycles. The molecule has 0 radical (unpaired) electrons. The summed E-state index contributed by atoms with van der Waals surface area (Å²) in [6.45, 7) is 9.87. The van der Waals surface area contributed by atoms with Crippen LogP contribution >= 0.6 is 0 Å². The Morgan fingerprint density at radius 2 is 1.75 bits per heavy atom. The first-order valence-corrected chi connectivity index (χ1v) is 6.77. The molecule has 0 aliphatic heterocycles. The molecule has 0 amide bonds. The van der Waals surface area contributed by atoms with Crippen LogP contribution in [0.3, 0.4) is 0 Å². The monoisotopic (exact) mass is 227 g/mol. The van der Waals surface area contributed by atoms with Crippen molar-refractivity contribution in [1.82, 2.24) is 5.32 Å². The van der Waals surface area contributed by atoms with E-state index in [0.717, 1.165) is 6.61 Å². The van der Waals surface area contributed by atoms with E-state index in [1.54, 1.807) is 0 Å². The number of hydrogen-bond donors (Lipinski definition) is 1. The molecule has 0 heterocycles. The van der Waals surface area contributed by atoms with Crippen molar-refractivity contribution in [1.29, 1.82) is 0 Å². The van der Waals surface area contributed by atoms with Crippen LogP contribution < -0.4 is 5.32 Å². The molecule has 0 aromatic rings. The molecule has 1 saturated carbocycles. The Balaban J connectivity index is 2.88. The van der Waals surface area contributed by atoms with Gasteiger partial charge in [0.1, 0.15) is 0 Å². The molecule has 1 aliphatic carbocycles. The van der Waals surface area contributed by atoms with Crippen LogP contribution in [0.15, 0.2) is 0 Å². The van der Waals surface area contributed by atoms with E-state index in [1.165, 1.54) is 32.1 Å². The molecular formula is C14H29NO. The Hall–Kier alpha value is -0.0800. The standard InChI is InChI=1S/C14H29NO/c1-6-16-14(10-8-7-9-11-14)12(15-5)13(2,3)4/h12,15H,6-11H2,1-5H3. The molecule has 96 valence electrons. The molecule has 1 aliphatic rings. The SMILES string of the molecule is CCOC1(C(NC)C(C)(C)C)CCCCC1. The van der Waals surface area contributed by atoms with Gasteiger partial charge in [-0.25, -0.2) is 0 Å². The molecule has 1 N–H and O–H groups in total. The van der Waals surface area contributed by atoms with Crippen molar-refractivity contribution in [2.24, 2.45) is 5.41 Å². The Morgan fingerprint density at radius 3 is 2.12 bits per heavy atom. The Kier molecular flexibility index (Phi) is 4.81. The van der Waals surface area contributed by atoms with Crippen LogP contribution in [0.25, 0.3) is 0 Å². The smallest absolute Gasteiger partial charge is 0.0839 e. The average molecular weight is 227 g/mol. The third kappa shape index (κ3) is 2.98. The average Bonchev–Trinajstić information content (AvgIpc) is 2.18. The maximum atomic E-state index is 6.19. The minimum Gasteiger partial charge on any atom is -0.374 e. The molecule has 2 heteroatoms. The minimum atomic E-state index is 0.0694. The molecular weight excluding hydrogens is 198 g/mol. The van der Waals surface area contributed by atoms with Gasteiger partial charge < -0.3 is 10.1 Å². The molecule has 0 spiro atoms. The number of hydrogen-bond acceptors (Lipinski definition) is 2. The normalized spacial score (nSPS) is 23.1. The van der Waals surface area contributed by atoms with Gasteiger partial charge in [0.25, 0.3) is 0 Å². The van der Waals surface area contributed by atoms with Crippen molar-refractivity contribution in [3.8, 4) is 0 Å². The van der Waals surface area contributed by atoms with Crippen molar-refractivity contribution in [2.45, 2.75) is 71.4 Å². The van der Waals surface area contributed by atoms with Gasteiger partial charge in [0.2, 0.25) is 0 Å². The molecule has 1 unspecified atom stereocenters. The van der Waals surface area contributed by atoms with Crippen LogP contribution in [0.1, 0.15) is 59.8 Å². The molecule has 0 aromatic carbocycles. The molecule has 1 atom stereocenters. The predicted molar refractivity (Wildman–Crippen MR) is 69.7 cm³/mol. The van der Waals surface area contributed by atoms with E-state index in [1.807, 2.05) is 0 Å². The van der Waals surface area contributed by atoms with Gasteiger partial charge in [-0.3, -0.25) is 0 Å². The van der Waals surface area contributed by atoms with Crippen molar-refractivity contribution >= 4 is 0 Å². The van der Waals surface area contributed by atoms with Crippen molar-refractivity contribution in [3.63, 3.8) is 0 Å². The van der Waals surface area contributed by atoms with E-state index >= 15 is 0 Å². The van der Waals surface area contributed by atoms with Gasteiger partial charge in [-0.2, -0.15) is 0 Å². The van der Waals surface area contributed by atoms with Gasteiger partial charge in [0.05, 0.1) is 5.60 Å². The van der Waals surface area contributed by atoms with Crippen molar-refractivity contribution in [3.05, 3.63) is 0 Å². The topological polar surface area (TPSA) is 21.3 Å². The van der Waals surface area contributed by atoms with Gasteiger partial charge in [0, 0.05) is 12.6 Å². The van der Waals surface area contributed by atoms with E-state index in [0.29, 0.717) is 6.04 Å². The summed E-state index contributed by atoms with van der Waals surface area (Å²) in [6.07, 6.45) is 6.42. The van der Waals surface area contributed by atoms with E-state index in [2.05, 4.69) is 40.1 Å². The number of likely N-dealkylation sites (N-methyl/N-ethyl adjacent to an activating group) is 1. The molecule has 16 heavy (non-hydrogen) atoms. The van der Waals surface area contributed by atoms with Crippen LogP contribution in [0.5, 0.6) is 0 Å². The molecule has 1 rings (SSSR count). The summed E-state index contributed by atoms with van der Waals surface area (Å²) in [5.74, 6) is 0. The van der Waals surface area contributed by atoms with Crippen LogP contribution in [0.2, 0.25) is 0 Å². The summed E-state index contributed by atoms with van der Waals surface area (Å²) in [7, 11) is 2.07. The summed E-state index contributed by atoms with van der Waals surface area (Å²) < 4.78 is 6.19. The van der Waals surface area contributed by atoms with E-state index in [9.17, 15) is 0 Å². The molecule has 2 nitrogen and oxygen atoms in total. The zero-order chi connectivity index (χ0) is 12.2. The molecule has 1 fully saturated rings. The third-order valence-corrected chi connectivity index (χ3v) is 3.81. The Bertz CT molecular complexity index is 196. The second-order valence-corrected chi connectivity index (χ2v) is 6.15. The van der Waals surface area contributed by atoms with Gasteiger partial charge in [-0.1, -0.05) is 40.0 Å². The lowest BCUT2D eigenvalue weighted by molar-refractivity contribution is -0.111. The fourth-order valence-corrected chi connectivity index (χ4v) is 3.44. The summed E-state index contributed by atoms with van der Waals surface area (Å²) in [4.78, 5) is 0. The van der Waals surface area contributed by atoms with Gasteiger partial charge in [0.15, 0.2) is 0 Å². The van der Waals surface area contributed by atoms with Crippen molar-refractivity contribution in [2.75, 3.05) is 13.7 Å². The molecule has 0 saturated heterocycles. The Morgan fingerprint density at radius 1 is 1.19 bits per heavy atom. The van der Waals surface area contributed by atoms with Gasteiger partial charge in [-0.05, 0) is 32.2 Å². The number of ether oxygens (including phenoxy) is 1. The largest absolute Gasteiger partial charge is 0.374 e. The van der Waals surface area contributed by atoms with Gasteiger partial charge in [-0.15, -0.1) is 0 Å². The summed E-state index contributed by atoms with van der Waals surface area (Å²) in [5, 5.41) is 3.51. The van der Waals surface area contributed by atoms with Crippen molar-refractivity contribution < 1.29 is 4.74 Å². The first kappa shape index (κ1) is 14.0. The van der Waals surface area contributed by atoms with E-state index in [-0.39, 0.29) is 11.0 Å². The zero-order valence-corrected chi connectivity index (χ0v) is 11.7. The maximum Gasteiger partial charge on any atom is 0.0839 e. The lowest BCUT2D eigenvalue weighted by atomic mass is 9.69. The van der Waals surface area contributed by atoms with Gasteiger partial charge >= 0.3 is 0 Å². The highest BCUT2D eigenvalue weighted by molar-refractivity contribution is 5.00. The second-order valence-electron chi connectivity index (χ2n) is 6.15. The van der Waals surface area contributed by atoms with E-state index in [4.69, 9.17) is 4.74 Å². The minimum absolute atomic E-state index is 0.0694. The van der Waals surface area contributed by atoms with Crippen LogP contribution in [-0.4, -0.2) is 25.3 Å². The van der Waals surface area contributed by atoms with Crippen LogP contribution in [-0.2, 0) is 4.74 Å². The summed E-state index contributed by atoms with van der Waals surface area (Å²) in [5.41, 5.74) is 0.321. The number of nitrogens with one attached hydrogen (secondary N) is 1. The summed E-state index contributed by atoms with van der Waals surface area (Å²) in [6, 6.07) is 0.445. The first-order chi connectivity index (χ1) is 7.46. The molecule has 0 bridgehead atoms. The van der Waals surface area contributed by atoms with Crippen LogP contribution in [0, 0.1) is 5.41 Å². The zero-order valence-electron chi connectivity index (χ0n) is 11.7. The fourth-order valence-electron chi connectivity index (χ4n) is 3.44. The highest BCUT2D eigenvalue weighted by Gasteiger charge is 2.45. The first-order valence-electron chi connectivity index (χ1n) is 6.77. The highest BCUT2D eigenvalue weighted by Crippen LogP contribution is 2.40. The summed E-state index contributed by atoms with van der Waals surface area (Å²) >= 11 is 0. The quantitative estimate of drug-likeness (QED) is 0.795. The lowest BCUT2D eigenvalue weighted by Gasteiger charge is -2.48. The third-order valence-electron chi connectivity index (χ3n) is 3.81.